The molecule has 11 heteroatoms. The van der Waals surface area contributed by atoms with Gasteiger partial charge < -0.3 is 0 Å². The number of anilines is 1. The van der Waals surface area contributed by atoms with Gasteiger partial charge in [0.25, 0.3) is 0 Å². The molecule has 3 aliphatic heterocycles. The van der Waals surface area contributed by atoms with Crippen LogP contribution < -0.4 is 15.0 Å². The summed E-state index contributed by atoms with van der Waals surface area (Å²) in [6.45, 7) is 7.09. The van der Waals surface area contributed by atoms with E-state index in [1.54, 1.807) is 12.1 Å². The number of nitrogens with one attached hydrogen (secondary N) is 1. The first-order valence-electron chi connectivity index (χ1n) is 12.3. The van der Waals surface area contributed by atoms with Crippen molar-refractivity contribution in [3.63, 3.8) is 0 Å². The van der Waals surface area contributed by atoms with Gasteiger partial charge in [-0.05, 0) is 0 Å². The number of halogens is 3. The van der Waals surface area contributed by atoms with Gasteiger partial charge in [0.05, 0.1) is 0 Å². The Bertz CT molecular complexity index is 1080. The average molecular weight is 512 g/mol. The van der Waals surface area contributed by atoms with E-state index in [0.717, 1.165) is 80.9 Å². The average Bonchev–Trinajstić information content (AvgIpc) is 3.34. The van der Waals surface area contributed by atoms with Crippen LogP contribution in [0.25, 0.3) is 0 Å². The minimum absolute atomic E-state index is 0.000181. The van der Waals surface area contributed by atoms with E-state index in [1.165, 1.54) is 18.3 Å². The van der Waals surface area contributed by atoms with E-state index in [9.17, 15) is 18.0 Å². The first-order chi connectivity index (χ1) is 16.7. The van der Waals surface area contributed by atoms with Crippen LogP contribution >= 0.6 is 7.26 Å². The number of aryl methyl sites for hydroxylation is 1. The Morgan fingerprint density at radius 2 is 1.89 bits per heavy atom. The molecule has 1 unspecified atom stereocenters. The topological polar surface area (TPSA) is 62.6 Å². The Balaban J connectivity index is 1.14. The second-order valence-corrected chi connectivity index (χ2v) is 15.0. The van der Waals surface area contributed by atoms with Crippen molar-refractivity contribution in [2.75, 3.05) is 56.6 Å². The van der Waals surface area contributed by atoms with E-state index in [4.69, 9.17) is 4.98 Å². The zero-order chi connectivity index (χ0) is 24.8. The van der Waals surface area contributed by atoms with Gasteiger partial charge in [-0.2, -0.15) is 0 Å². The van der Waals surface area contributed by atoms with Gasteiger partial charge in [-0.3, -0.25) is 0 Å². The van der Waals surface area contributed by atoms with E-state index < -0.39 is 13.6 Å². The fourth-order valence-electron chi connectivity index (χ4n) is 5.71. The molecule has 0 bridgehead atoms. The molecule has 1 atom stereocenters. The number of carbonyl (C=O) groups is 1. The van der Waals surface area contributed by atoms with Crippen molar-refractivity contribution in [2.45, 2.75) is 38.5 Å². The van der Waals surface area contributed by atoms with Crippen molar-refractivity contribution in [1.29, 1.82) is 0 Å². The molecular formula is C24H33F3N5O2P. The molecule has 7 nitrogen and oxygen atoms in total. The molecule has 4 heterocycles. The predicted molar refractivity (Wildman–Crippen MR) is 132 cm³/mol. The molecule has 5 rings (SSSR count). The number of fused-ring (bicyclic) bond motifs is 1. The molecule has 1 aromatic carbocycles. The Kier molecular flexibility index (Phi) is 6.46. The fourth-order valence-corrected chi connectivity index (χ4v) is 11.0. The van der Waals surface area contributed by atoms with Gasteiger partial charge in [0.1, 0.15) is 0 Å². The number of hydrogen-bond acceptors (Lipinski definition) is 5. The molecule has 2 fully saturated rings. The normalized spacial score (nSPS) is 22.5. The molecular weight excluding hydrogens is 478 g/mol. The number of hydrogen-bond donors (Lipinski definition) is 1. The second-order valence-electron chi connectivity index (χ2n) is 10.1. The predicted octanol–water partition coefficient (Wildman–Crippen LogP) is 3.17. The van der Waals surface area contributed by atoms with Crippen LogP contribution in [0.3, 0.4) is 0 Å². The summed E-state index contributed by atoms with van der Waals surface area (Å²) in [5, 5.41) is 3.22. The maximum atomic E-state index is 13.1. The SMILES string of the molecule is CCc1nc2n(c1C(=O)NCC1C[PH]13CCN(c1ccc(OC(F)(F)F)cc1)CC3)CCN(C)C2. The van der Waals surface area contributed by atoms with Crippen LogP contribution in [0.5, 0.6) is 5.75 Å². The quantitative estimate of drug-likeness (QED) is 0.604. The van der Waals surface area contributed by atoms with Gasteiger partial charge in [0.15, 0.2) is 0 Å². The molecule has 35 heavy (non-hydrogen) atoms. The summed E-state index contributed by atoms with van der Waals surface area (Å²) in [6, 6.07) is 6.14. The summed E-state index contributed by atoms with van der Waals surface area (Å²) in [5.41, 5.74) is 3.16. The zero-order valence-corrected chi connectivity index (χ0v) is 21.2. The van der Waals surface area contributed by atoms with Gasteiger partial charge in [0.2, 0.25) is 0 Å². The molecule has 2 aromatic rings. The fraction of sp³-hybridized carbons (Fsp3) is 0.583. The van der Waals surface area contributed by atoms with Gasteiger partial charge in [-0.1, -0.05) is 0 Å². The molecule has 0 aliphatic carbocycles. The summed E-state index contributed by atoms with van der Waals surface area (Å²) in [7, 11) is 0.715. The summed E-state index contributed by atoms with van der Waals surface area (Å²) in [6.07, 6.45) is -0.373. The van der Waals surface area contributed by atoms with Crippen molar-refractivity contribution >= 4 is 18.9 Å². The Labute approximate surface area is 204 Å². The number of carbonyl (C=O) groups excluding carboxylic acids is 1. The number of nitrogens with zero attached hydrogens (tertiary/aromatic N) is 4. The van der Waals surface area contributed by atoms with Crippen LogP contribution in [0.15, 0.2) is 24.3 Å². The standard InChI is InChI=1S/C24H33F3N5O2P/c1-3-20-22(32-9-8-30(2)15-21(32)29-20)23(33)28-14-19-16-35(19)12-10-31(11-13-35)17-4-6-18(7-5-17)34-24(25,26)27/h4-7,19,35H,3,8-16H2,1-2H3,(H,28,33). The van der Waals surface area contributed by atoms with Crippen LogP contribution in [-0.2, 0) is 19.5 Å². The molecule has 192 valence electrons. The third-order valence-corrected chi connectivity index (χ3v) is 13.2. The number of ether oxygens (including phenoxy) is 1. The van der Waals surface area contributed by atoms with Gasteiger partial charge in [-0.25, -0.2) is 0 Å². The maximum absolute atomic E-state index is 13.1. The van der Waals surface area contributed by atoms with Crippen molar-refractivity contribution < 1.29 is 22.7 Å². The Morgan fingerprint density at radius 1 is 1.17 bits per heavy atom. The van der Waals surface area contributed by atoms with E-state index in [-0.39, 0.29) is 11.7 Å². The molecule has 1 aromatic heterocycles. The monoisotopic (exact) mass is 511 g/mol. The van der Waals surface area contributed by atoms with E-state index in [2.05, 4.69) is 31.5 Å². The molecule has 1 spiro atoms. The summed E-state index contributed by atoms with van der Waals surface area (Å²) in [5.74, 6) is 0.781. The van der Waals surface area contributed by atoms with Crippen molar-refractivity contribution in [3.8, 4) is 5.75 Å². The number of rotatable bonds is 6. The van der Waals surface area contributed by atoms with E-state index >= 15 is 0 Å². The molecule has 3 aliphatic rings. The first-order valence-corrected chi connectivity index (χ1v) is 15.0. The van der Waals surface area contributed by atoms with E-state index in [1.807, 2.05) is 6.92 Å². The van der Waals surface area contributed by atoms with Gasteiger partial charge >= 0.3 is 204 Å². The van der Waals surface area contributed by atoms with Crippen molar-refractivity contribution in [3.05, 3.63) is 41.5 Å². The van der Waals surface area contributed by atoms with Crippen LogP contribution in [0.2, 0.25) is 0 Å². The molecule has 0 radical (unpaired) electrons. The second kappa shape index (κ2) is 9.28. The number of aromatic nitrogens is 2. The van der Waals surface area contributed by atoms with Crippen LogP contribution in [0, 0.1) is 0 Å². The van der Waals surface area contributed by atoms with Gasteiger partial charge in [-0.15, -0.1) is 0 Å². The van der Waals surface area contributed by atoms with E-state index in [0.29, 0.717) is 5.66 Å². The van der Waals surface area contributed by atoms with Crippen LogP contribution in [0.4, 0.5) is 18.9 Å². The number of amides is 1. The van der Waals surface area contributed by atoms with Crippen molar-refractivity contribution in [2.24, 2.45) is 0 Å². The number of alkyl halides is 3. The molecule has 1 amide bonds. The summed E-state index contributed by atoms with van der Waals surface area (Å²) in [4.78, 5) is 22.3. The van der Waals surface area contributed by atoms with Crippen LogP contribution in [0.1, 0.15) is 28.9 Å². The summed E-state index contributed by atoms with van der Waals surface area (Å²) >= 11 is 0. The zero-order valence-electron chi connectivity index (χ0n) is 20.2. The van der Waals surface area contributed by atoms with Crippen LogP contribution in [-0.4, -0.2) is 84.1 Å². The molecule has 1 N–H and O–H groups in total. The number of benzene rings is 1. The minimum atomic E-state index is -4.67. The molecule has 2 saturated heterocycles. The Morgan fingerprint density at radius 3 is 2.54 bits per heavy atom. The summed E-state index contributed by atoms with van der Waals surface area (Å²) < 4.78 is 43.2. The third-order valence-electron chi connectivity index (χ3n) is 7.85. The Hall–Kier alpha value is -2.32. The first kappa shape index (κ1) is 24.4. The number of likely N-dealkylation sites (N-methyl/N-ethyl adjacent to an activating group) is 1. The third kappa shape index (κ3) is 5.14. The number of imidazole rings is 1. The van der Waals surface area contributed by atoms with Gasteiger partial charge in [0, 0.05) is 0 Å². The molecule has 0 saturated carbocycles. The van der Waals surface area contributed by atoms with Crippen molar-refractivity contribution in [1.82, 2.24) is 19.8 Å².